The van der Waals surface area contributed by atoms with Crippen molar-refractivity contribution in [2.24, 2.45) is 4.99 Å². The molecule has 1 rings (SSSR count). The van der Waals surface area contributed by atoms with Crippen LogP contribution < -0.4 is 0 Å². The van der Waals surface area contributed by atoms with Gasteiger partial charge in [-0.05, 0) is 23.8 Å². The van der Waals surface area contributed by atoms with Crippen LogP contribution in [0.4, 0.5) is 0 Å². The molecule has 0 saturated carbocycles. The standard InChI is InChI=1S/C13H17NS/c1-4-11(2)15-12(3)14-10-13-8-6-5-7-9-13/h5-9H,2,4,10H2,1,3H3. The molecule has 0 atom stereocenters. The Balaban J connectivity index is 2.47. The lowest BCUT2D eigenvalue weighted by molar-refractivity contribution is 1.07. The van der Waals surface area contributed by atoms with Gasteiger partial charge in [0.05, 0.1) is 11.6 Å². The molecule has 80 valence electrons. The van der Waals surface area contributed by atoms with Crippen LogP contribution in [-0.2, 0) is 6.54 Å². The molecule has 0 N–H and O–H groups in total. The van der Waals surface area contributed by atoms with Gasteiger partial charge in [-0.3, -0.25) is 4.99 Å². The molecular formula is C13H17NS. The van der Waals surface area contributed by atoms with Gasteiger partial charge in [-0.25, -0.2) is 0 Å². The predicted molar refractivity (Wildman–Crippen MR) is 70.3 cm³/mol. The number of nitrogens with zero attached hydrogens (tertiary/aromatic N) is 1. The zero-order valence-corrected chi connectivity index (χ0v) is 10.2. The van der Waals surface area contributed by atoms with Crippen molar-refractivity contribution in [3.8, 4) is 0 Å². The number of allylic oxidation sites excluding steroid dienone is 1. The molecule has 0 aromatic heterocycles. The summed E-state index contributed by atoms with van der Waals surface area (Å²) in [6.45, 7) is 8.86. The second-order valence-corrected chi connectivity index (χ2v) is 4.69. The molecule has 0 unspecified atom stereocenters. The maximum Gasteiger partial charge on any atom is 0.0693 e. The largest absolute Gasteiger partial charge is 0.278 e. The van der Waals surface area contributed by atoms with Crippen LogP contribution in [-0.4, -0.2) is 5.04 Å². The lowest BCUT2D eigenvalue weighted by atomic mass is 10.2. The van der Waals surface area contributed by atoms with E-state index in [1.165, 1.54) is 10.5 Å². The number of thioether (sulfide) groups is 1. The van der Waals surface area contributed by atoms with Crippen molar-refractivity contribution >= 4 is 16.8 Å². The van der Waals surface area contributed by atoms with E-state index in [1.807, 2.05) is 25.1 Å². The SMILES string of the molecule is C=C(CC)SC(C)=NCc1ccccc1. The molecule has 0 aliphatic heterocycles. The maximum absolute atomic E-state index is 4.50. The van der Waals surface area contributed by atoms with E-state index in [-0.39, 0.29) is 0 Å². The van der Waals surface area contributed by atoms with Gasteiger partial charge in [0.25, 0.3) is 0 Å². The minimum absolute atomic E-state index is 0.761. The van der Waals surface area contributed by atoms with E-state index in [2.05, 4.69) is 30.6 Å². The monoisotopic (exact) mass is 219 g/mol. The Labute approximate surface area is 96.3 Å². The summed E-state index contributed by atoms with van der Waals surface area (Å²) in [6.07, 6.45) is 1.00. The Morgan fingerprint density at radius 1 is 1.33 bits per heavy atom. The third-order valence-electron chi connectivity index (χ3n) is 2.01. The van der Waals surface area contributed by atoms with Crippen LogP contribution in [0.25, 0.3) is 0 Å². The molecule has 0 aliphatic rings. The smallest absolute Gasteiger partial charge is 0.0693 e. The van der Waals surface area contributed by atoms with Crippen LogP contribution in [0, 0.1) is 0 Å². The zero-order valence-electron chi connectivity index (χ0n) is 9.36. The molecule has 15 heavy (non-hydrogen) atoms. The Morgan fingerprint density at radius 2 is 2.00 bits per heavy atom. The average molecular weight is 219 g/mol. The first kappa shape index (κ1) is 12.1. The molecule has 0 fully saturated rings. The van der Waals surface area contributed by atoms with Gasteiger partial charge in [-0.15, -0.1) is 0 Å². The molecule has 0 amide bonds. The van der Waals surface area contributed by atoms with Gasteiger partial charge in [-0.1, -0.05) is 55.6 Å². The van der Waals surface area contributed by atoms with Gasteiger partial charge in [0.1, 0.15) is 0 Å². The zero-order chi connectivity index (χ0) is 11.1. The van der Waals surface area contributed by atoms with Crippen LogP contribution in [0.5, 0.6) is 0 Å². The Kier molecular flexibility index (Phi) is 5.19. The van der Waals surface area contributed by atoms with Crippen LogP contribution in [0.1, 0.15) is 25.8 Å². The summed E-state index contributed by atoms with van der Waals surface area (Å²) >= 11 is 1.67. The van der Waals surface area contributed by atoms with Gasteiger partial charge in [0, 0.05) is 0 Å². The minimum Gasteiger partial charge on any atom is -0.278 e. The fourth-order valence-electron chi connectivity index (χ4n) is 1.10. The molecule has 1 nitrogen and oxygen atoms in total. The molecule has 0 saturated heterocycles. The highest BCUT2D eigenvalue weighted by Gasteiger charge is 1.95. The summed E-state index contributed by atoms with van der Waals surface area (Å²) in [6, 6.07) is 10.3. The minimum atomic E-state index is 0.761. The van der Waals surface area contributed by atoms with Crippen molar-refractivity contribution in [1.29, 1.82) is 0 Å². The van der Waals surface area contributed by atoms with E-state index >= 15 is 0 Å². The highest BCUT2D eigenvalue weighted by atomic mass is 32.2. The summed E-state index contributed by atoms with van der Waals surface area (Å²) in [4.78, 5) is 5.67. The Morgan fingerprint density at radius 3 is 2.60 bits per heavy atom. The number of aliphatic imine (C=N–C) groups is 1. The lowest BCUT2D eigenvalue weighted by Gasteiger charge is -2.02. The van der Waals surface area contributed by atoms with Crippen molar-refractivity contribution in [2.45, 2.75) is 26.8 Å². The van der Waals surface area contributed by atoms with Gasteiger partial charge < -0.3 is 0 Å². The first-order valence-corrected chi connectivity index (χ1v) is 5.94. The normalized spacial score (nSPS) is 11.5. The van der Waals surface area contributed by atoms with Crippen molar-refractivity contribution in [1.82, 2.24) is 0 Å². The summed E-state index contributed by atoms with van der Waals surface area (Å²) in [5, 5.41) is 1.09. The highest BCUT2D eigenvalue weighted by molar-refractivity contribution is 8.17. The number of hydrogen-bond acceptors (Lipinski definition) is 2. The quantitative estimate of drug-likeness (QED) is 0.544. The molecule has 1 aromatic rings. The molecule has 0 bridgehead atoms. The topological polar surface area (TPSA) is 12.4 Å². The van der Waals surface area contributed by atoms with Crippen LogP contribution in [0.2, 0.25) is 0 Å². The summed E-state index contributed by atoms with van der Waals surface area (Å²) in [7, 11) is 0. The van der Waals surface area contributed by atoms with Crippen LogP contribution in [0.3, 0.4) is 0 Å². The lowest BCUT2D eigenvalue weighted by Crippen LogP contribution is -1.88. The van der Waals surface area contributed by atoms with Gasteiger partial charge in [0.2, 0.25) is 0 Å². The van der Waals surface area contributed by atoms with Crippen molar-refractivity contribution in [3.05, 3.63) is 47.4 Å². The highest BCUT2D eigenvalue weighted by Crippen LogP contribution is 2.18. The molecular weight excluding hydrogens is 202 g/mol. The third-order valence-corrected chi connectivity index (χ3v) is 3.02. The van der Waals surface area contributed by atoms with E-state index in [1.54, 1.807) is 11.8 Å². The van der Waals surface area contributed by atoms with Crippen LogP contribution in [0.15, 0.2) is 46.8 Å². The summed E-state index contributed by atoms with van der Waals surface area (Å²) in [5.41, 5.74) is 1.25. The first-order valence-electron chi connectivity index (χ1n) is 5.13. The second-order valence-electron chi connectivity index (χ2n) is 3.32. The van der Waals surface area contributed by atoms with Gasteiger partial charge in [0.15, 0.2) is 0 Å². The van der Waals surface area contributed by atoms with Gasteiger partial charge in [-0.2, -0.15) is 0 Å². The molecule has 2 heteroatoms. The maximum atomic E-state index is 4.50. The van der Waals surface area contributed by atoms with Crippen molar-refractivity contribution < 1.29 is 0 Å². The molecule has 1 aromatic carbocycles. The summed E-state index contributed by atoms with van der Waals surface area (Å²) in [5.74, 6) is 0. The van der Waals surface area contributed by atoms with E-state index in [0.717, 1.165) is 18.0 Å². The Bertz CT molecular complexity index is 341. The van der Waals surface area contributed by atoms with E-state index < -0.39 is 0 Å². The third kappa shape index (κ3) is 4.84. The number of hydrogen-bond donors (Lipinski definition) is 0. The van der Waals surface area contributed by atoms with E-state index in [9.17, 15) is 0 Å². The molecule has 0 aliphatic carbocycles. The summed E-state index contributed by atoms with van der Waals surface area (Å²) < 4.78 is 0. The predicted octanol–water partition coefficient (Wildman–Crippen LogP) is 4.26. The number of benzene rings is 1. The molecule has 0 heterocycles. The van der Waals surface area contributed by atoms with E-state index in [4.69, 9.17) is 0 Å². The molecule has 0 radical (unpaired) electrons. The number of rotatable bonds is 4. The van der Waals surface area contributed by atoms with Crippen molar-refractivity contribution in [2.75, 3.05) is 0 Å². The Hall–Kier alpha value is -1.02. The fourth-order valence-corrected chi connectivity index (χ4v) is 1.79. The average Bonchev–Trinajstić information content (AvgIpc) is 2.27. The first-order chi connectivity index (χ1) is 7.22. The van der Waals surface area contributed by atoms with E-state index in [0.29, 0.717) is 0 Å². The van der Waals surface area contributed by atoms with Gasteiger partial charge >= 0.3 is 0 Å². The van der Waals surface area contributed by atoms with Crippen molar-refractivity contribution in [3.63, 3.8) is 0 Å². The molecule has 0 spiro atoms. The second kappa shape index (κ2) is 6.46. The van der Waals surface area contributed by atoms with Crippen LogP contribution >= 0.6 is 11.8 Å². The fraction of sp³-hybridized carbons (Fsp3) is 0.308.